The lowest BCUT2D eigenvalue weighted by molar-refractivity contribution is -0.114. The lowest BCUT2D eigenvalue weighted by atomic mass is 9.86. The minimum absolute atomic E-state index is 0.0229. The van der Waals surface area contributed by atoms with Gasteiger partial charge in [-0.05, 0) is 25.7 Å². The molecule has 2 heteroatoms. The third-order valence-electron chi connectivity index (χ3n) is 2.23. The summed E-state index contributed by atoms with van der Waals surface area (Å²) in [6, 6.07) is 0. The smallest absolute Gasteiger partial charge is 0.159 e. The van der Waals surface area contributed by atoms with Gasteiger partial charge in [0.05, 0.1) is 5.76 Å². The molecule has 0 aromatic heterocycles. The molecule has 0 heterocycles. The summed E-state index contributed by atoms with van der Waals surface area (Å²) in [4.78, 5) is 11.0. The second kappa shape index (κ2) is 3.07. The number of hydrogen-bond donors (Lipinski definition) is 1. The fourth-order valence-corrected chi connectivity index (χ4v) is 1.69. The number of carbonyl (C=O) groups is 1. The van der Waals surface area contributed by atoms with Crippen LogP contribution >= 0.6 is 0 Å². The molecule has 0 amide bonds. The maximum atomic E-state index is 11.0. The van der Waals surface area contributed by atoms with E-state index in [0.717, 1.165) is 12.8 Å². The van der Waals surface area contributed by atoms with Crippen LogP contribution in [0.4, 0.5) is 0 Å². The Bertz CT molecular complexity index is 204. The van der Waals surface area contributed by atoms with Crippen LogP contribution in [0.1, 0.15) is 33.1 Å². The quantitative estimate of drug-likeness (QED) is 0.628. The van der Waals surface area contributed by atoms with Crippen molar-refractivity contribution in [1.29, 1.82) is 0 Å². The van der Waals surface area contributed by atoms with Crippen LogP contribution < -0.4 is 0 Å². The van der Waals surface area contributed by atoms with Crippen molar-refractivity contribution in [2.24, 2.45) is 5.92 Å². The van der Waals surface area contributed by atoms with Gasteiger partial charge in [0.15, 0.2) is 5.78 Å². The number of aliphatic hydroxyl groups is 1. The van der Waals surface area contributed by atoms with E-state index >= 15 is 0 Å². The Labute approximate surface area is 66.9 Å². The van der Waals surface area contributed by atoms with Crippen molar-refractivity contribution in [3.63, 3.8) is 0 Å². The Kier molecular flexibility index (Phi) is 2.32. The van der Waals surface area contributed by atoms with Crippen LogP contribution in [0, 0.1) is 5.92 Å². The van der Waals surface area contributed by atoms with Gasteiger partial charge in [0.25, 0.3) is 0 Å². The fraction of sp³-hybridized carbons (Fsp3) is 0.667. The summed E-state index contributed by atoms with van der Waals surface area (Å²) in [6.07, 6.45) is 2.71. The number of ketones is 1. The molecule has 0 saturated carbocycles. The standard InChI is InChI=1S/C9H14O2/c1-6-4-3-5-8(11)9(6)7(2)10/h6,11H,3-5H2,1-2H3. The van der Waals surface area contributed by atoms with E-state index in [-0.39, 0.29) is 11.7 Å². The Balaban J connectivity index is 2.91. The van der Waals surface area contributed by atoms with E-state index in [0.29, 0.717) is 17.8 Å². The average Bonchev–Trinajstić information content (AvgIpc) is 1.85. The highest BCUT2D eigenvalue weighted by Crippen LogP contribution is 2.28. The van der Waals surface area contributed by atoms with Gasteiger partial charge in [-0.3, -0.25) is 4.79 Å². The zero-order valence-corrected chi connectivity index (χ0v) is 7.05. The first-order chi connectivity index (χ1) is 5.13. The predicted octanol–water partition coefficient (Wildman–Crippen LogP) is 2.21. The van der Waals surface area contributed by atoms with Crippen LogP contribution in [0.25, 0.3) is 0 Å². The summed E-state index contributed by atoms with van der Waals surface area (Å²) < 4.78 is 0. The molecule has 1 N–H and O–H groups in total. The summed E-state index contributed by atoms with van der Waals surface area (Å²) in [5.41, 5.74) is 0.649. The molecule has 0 aromatic carbocycles. The minimum Gasteiger partial charge on any atom is -0.512 e. The summed E-state index contributed by atoms with van der Waals surface area (Å²) in [7, 11) is 0. The summed E-state index contributed by atoms with van der Waals surface area (Å²) in [5, 5.41) is 9.37. The Morgan fingerprint density at radius 2 is 2.27 bits per heavy atom. The molecule has 0 saturated heterocycles. The third kappa shape index (κ3) is 1.62. The van der Waals surface area contributed by atoms with Crippen molar-refractivity contribution in [3.05, 3.63) is 11.3 Å². The van der Waals surface area contributed by atoms with E-state index < -0.39 is 0 Å². The maximum absolute atomic E-state index is 11.0. The van der Waals surface area contributed by atoms with Crippen LogP contribution in [0.3, 0.4) is 0 Å². The number of aliphatic hydroxyl groups excluding tert-OH is 1. The lowest BCUT2D eigenvalue weighted by Gasteiger charge is -2.20. The van der Waals surface area contributed by atoms with Gasteiger partial charge in [0.1, 0.15) is 0 Å². The molecule has 11 heavy (non-hydrogen) atoms. The van der Waals surface area contributed by atoms with Gasteiger partial charge in [-0.2, -0.15) is 0 Å². The van der Waals surface area contributed by atoms with Crippen molar-refractivity contribution >= 4 is 5.78 Å². The topological polar surface area (TPSA) is 37.3 Å². The molecule has 0 spiro atoms. The molecule has 0 aliphatic heterocycles. The number of hydrogen-bond acceptors (Lipinski definition) is 2. The molecule has 1 atom stereocenters. The van der Waals surface area contributed by atoms with Gasteiger partial charge >= 0.3 is 0 Å². The lowest BCUT2D eigenvalue weighted by Crippen LogP contribution is -2.15. The van der Waals surface area contributed by atoms with Crippen molar-refractivity contribution in [3.8, 4) is 0 Å². The number of carbonyl (C=O) groups excluding carboxylic acids is 1. The second-order valence-electron chi connectivity index (χ2n) is 3.21. The molecule has 1 aliphatic carbocycles. The van der Waals surface area contributed by atoms with Gasteiger partial charge in [-0.15, -0.1) is 0 Å². The number of Topliss-reactive ketones (excluding diaryl/α,β-unsaturated/α-hetero) is 1. The molecular weight excluding hydrogens is 140 g/mol. The highest BCUT2D eigenvalue weighted by atomic mass is 16.3. The van der Waals surface area contributed by atoms with Crippen molar-refractivity contribution < 1.29 is 9.90 Å². The van der Waals surface area contributed by atoms with E-state index in [9.17, 15) is 9.90 Å². The van der Waals surface area contributed by atoms with Crippen molar-refractivity contribution in [2.75, 3.05) is 0 Å². The molecule has 1 unspecified atom stereocenters. The van der Waals surface area contributed by atoms with Crippen LogP contribution in [0.5, 0.6) is 0 Å². The minimum atomic E-state index is 0.0229. The Morgan fingerprint density at radius 3 is 2.64 bits per heavy atom. The zero-order valence-electron chi connectivity index (χ0n) is 7.05. The summed E-state index contributed by atoms with van der Waals surface area (Å²) in [6.45, 7) is 3.51. The molecule has 0 radical (unpaired) electrons. The molecule has 0 bridgehead atoms. The molecular formula is C9H14O2. The monoisotopic (exact) mass is 154 g/mol. The SMILES string of the molecule is CC(=O)C1=C(O)CCCC1C. The van der Waals surface area contributed by atoms with Gasteiger partial charge in [-0.1, -0.05) is 6.92 Å². The first-order valence-electron chi connectivity index (χ1n) is 4.06. The first-order valence-corrected chi connectivity index (χ1v) is 4.06. The number of rotatable bonds is 1. The summed E-state index contributed by atoms with van der Waals surface area (Å²) >= 11 is 0. The van der Waals surface area contributed by atoms with Crippen LogP contribution in [0.2, 0.25) is 0 Å². The zero-order chi connectivity index (χ0) is 8.43. The maximum Gasteiger partial charge on any atom is 0.159 e. The average molecular weight is 154 g/mol. The first kappa shape index (κ1) is 8.31. The van der Waals surface area contributed by atoms with E-state index in [2.05, 4.69) is 0 Å². The Hall–Kier alpha value is -0.790. The van der Waals surface area contributed by atoms with Crippen molar-refractivity contribution in [2.45, 2.75) is 33.1 Å². The van der Waals surface area contributed by atoms with Crippen molar-refractivity contribution in [1.82, 2.24) is 0 Å². The fourth-order valence-electron chi connectivity index (χ4n) is 1.69. The second-order valence-corrected chi connectivity index (χ2v) is 3.21. The van der Waals surface area contributed by atoms with E-state index in [1.54, 1.807) is 0 Å². The number of allylic oxidation sites excluding steroid dienone is 2. The molecule has 2 nitrogen and oxygen atoms in total. The van der Waals surface area contributed by atoms with Crippen LogP contribution in [0.15, 0.2) is 11.3 Å². The normalized spacial score (nSPS) is 25.5. The van der Waals surface area contributed by atoms with Gasteiger partial charge in [0.2, 0.25) is 0 Å². The van der Waals surface area contributed by atoms with E-state index in [1.807, 2.05) is 6.92 Å². The van der Waals surface area contributed by atoms with Gasteiger partial charge in [0, 0.05) is 12.0 Å². The van der Waals surface area contributed by atoms with E-state index in [4.69, 9.17) is 0 Å². The summed E-state index contributed by atoms with van der Waals surface area (Å²) in [5.74, 6) is 0.590. The molecule has 62 valence electrons. The predicted molar refractivity (Wildman–Crippen MR) is 43.4 cm³/mol. The van der Waals surface area contributed by atoms with Crippen LogP contribution in [-0.2, 0) is 4.79 Å². The third-order valence-corrected chi connectivity index (χ3v) is 2.23. The van der Waals surface area contributed by atoms with Crippen LogP contribution in [-0.4, -0.2) is 10.9 Å². The van der Waals surface area contributed by atoms with Gasteiger partial charge in [-0.25, -0.2) is 0 Å². The highest BCUT2D eigenvalue weighted by molar-refractivity contribution is 5.94. The van der Waals surface area contributed by atoms with Gasteiger partial charge < -0.3 is 5.11 Å². The Morgan fingerprint density at radius 1 is 1.64 bits per heavy atom. The molecule has 0 aromatic rings. The molecule has 1 aliphatic rings. The highest BCUT2D eigenvalue weighted by Gasteiger charge is 2.21. The molecule has 1 rings (SSSR count). The largest absolute Gasteiger partial charge is 0.512 e. The van der Waals surface area contributed by atoms with E-state index in [1.165, 1.54) is 6.92 Å². The molecule has 0 fully saturated rings.